The number of carbonyl (C=O) groups is 3. The second-order valence-electron chi connectivity index (χ2n) is 26.3. The molecular weight excluding hydrogens is 985 g/mol. The van der Waals surface area contributed by atoms with E-state index in [1.54, 1.807) is 0 Å². The van der Waals surface area contributed by atoms with E-state index in [4.69, 9.17) is 14.2 Å². The molecule has 0 spiro atoms. The molecular formula is C74H144O6. The van der Waals surface area contributed by atoms with Crippen LogP contribution in [0.15, 0.2) is 0 Å². The van der Waals surface area contributed by atoms with Gasteiger partial charge in [0, 0.05) is 19.3 Å². The van der Waals surface area contributed by atoms with Crippen LogP contribution in [-0.4, -0.2) is 37.2 Å². The molecule has 0 amide bonds. The maximum Gasteiger partial charge on any atom is 0.306 e. The number of hydrogen-bond acceptors (Lipinski definition) is 6. The SMILES string of the molecule is CCCCCCCCCCCCCCCCCCCCCC(=O)OC[C@@H](COC(=O)CCCCCCCCCCCCCCCCCCCCC(C)C)OC(=O)CCCCCCCCCCCCCCCCCCCCC(C)CC. The lowest BCUT2D eigenvalue weighted by Gasteiger charge is -2.18. The minimum Gasteiger partial charge on any atom is -0.462 e. The van der Waals surface area contributed by atoms with Gasteiger partial charge in [-0.2, -0.15) is 0 Å². The van der Waals surface area contributed by atoms with Crippen molar-refractivity contribution in [2.45, 2.75) is 432 Å². The molecule has 0 saturated heterocycles. The normalized spacial score (nSPS) is 12.4. The van der Waals surface area contributed by atoms with Gasteiger partial charge >= 0.3 is 17.9 Å². The van der Waals surface area contributed by atoms with Gasteiger partial charge in [0.05, 0.1) is 0 Å². The lowest BCUT2D eigenvalue weighted by atomic mass is 9.99. The minimum atomic E-state index is -0.765. The topological polar surface area (TPSA) is 78.9 Å². The largest absolute Gasteiger partial charge is 0.462 e. The number of ether oxygens (including phenoxy) is 3. The Hall–Kier alpha value is -1.59. The molecule has 0 fully saturated rings. The number of carbonyl (C=O) groups excluding carboxylic acids is 3. The highest BCUT2D eigenvalue weighted by Gasteiger charge is 2.20. The molecule has 0 aliphatic carbocycles. The summed E-state index contributed by atoms with van der Waals surface area (Å²) in [7, 11) is 0. The molecule has 0 rings (SSSR count). The van der Waals surface area contributed by atoms with Gasteiger partial charge in [-0.3, -0.25) is 14.4 Å². The van der Waals surface area contributed by atoms with E-state index in [1.807, 2.05) is 0 Å². The molecule has 0 heterocycles. The third kappa shape index (κ3) is 65.6. The Kier molecular flexibility index (Phi) is 65.2. The molecule has 0 aromatic rings. The van der Waals surface area contributed by atoms with E-state index < -0.39 is 6.10 Å². The average molecular weight is 1130 g/mol. The van der Waals surface area contributed by atoms with E-state index in [0.29, 0.717) is 19.3 Å². The summed E-state index contributed by atoms with van der Waals surface area (Å²) in [5.41, 5.74) is 0. The van der Waals surface area contributed by atoms with Gasteiger partial charge in [0.25, 0.3) is 0 Å². The number of unbranched alkanes of at least 4 members (excludes halogenated alkanes) is 52. The van der Waals surface area contributed by atoms with E-state index in [0.717, 1.165) is 69.6 Å². The van der Waals surface area contributed by atoms with Gasteiger partial charge in [-0.05, 0) is 31.1 Å². The molecule has 0 saturated carbocycles. The number of rotatable bonds is 68. The summed E-state index contributed by atoms with van der Waals surface area (Å²) in [6.45, 7) is 11.5. The van der Waals surface area contributed by atoms with Crippen molar-refractivity contribution in [1.82, 2.24) is 0 Å². The maximum absolute atomic E-state index is 13.0. The second kappa shape index (κ2) is 66.5. The molecule has 0 aliphatic rings. The first kappa shape index (κ1) is 78.4. The van der Waals surface area contributed by atoms with Crippen molar-refractivity contribution in [3.8, 4) is 0 Å². The third-order valence-corrected chi connectivity index (χ3v) is 17.6. The maximum atomic E-state index is 13.0. The fraction of sp³-hybridized carbons (Fsp3) is 0.959. The van der Waals surface area contributed by atoms with E-state index in [9.17, 15) is 14.4 Å². The zero-order valence-electron chi connectivity index (χ0n) is 55.2. The monoisotopic (exact) mass is 1130 g/mol. The van der Waals surface area contributed by atoms with Crippen LogP contribution in [0.4, 0.5) is 0 Å². The third-order valence-electron chi connectivity index (χ3n) is 17.6. The van der Waals surface area contributed by atoms with E-state index in [1.165, 1.54) is 315 Å². The summed E-state index contributed by atoms with van der Waals surface area (Å²) in [4.78, 5) is 38.5. The first-order valence-corrected chi connectivity index (χ1v) is 36.8. The molecule has 6 nitrogen and oxygen atoms in total. The molecule has 0 aromatic heterocycles. The van der Waals surface area contributed by atoms with Gasteiger partial charge in [0.1, 0.15) is 13.2 Å². The highest BCUT2D eigenvalue weighted by atomic mass is 16.6. The van der Waals surface area contributed by atoms with Crippen LogP contribution in [0.2, 0.25) is 0 Å². The van der Waals surface area contributed by atoms with Gasteiger partial charge < -0.3 is 14.2 Å². The van der Waals surface area contributed by atoms with Crippen LogP contribution in [-0.2, 0) is 28.6 Å². The number of esters is 3. The van der Waals surface area contributed by atoms with Gasteiger partial charge in [0.2, 0.25) is 0 Å². The summed E-state index contributed by atoms with van der Waals surface area (Å²) in [6, 6.07) is 0. The van der Waals surface area contributed by atoms with Crippen LogP contribution in [0.25, 0.3) is 0 Å². The molecule has 0 aliphatic heterocycles. The summed E-state index contributed by atoms with van der Waals surface area (Å²) in [5.74, 6) is 0.948. The highest BCUT2D eigenvalue weighted by molar-refractivity contribution is 5.71. The Morgan fingerprint density at radius 2 is 0.475 bits per heavy atom. The van der Waals surface area contributed by atoms with Crippen molar-refractivity contribution in [2.24, 2.45) is 11.8 Å². The molecule has 80 heavy (non-hydrogen) atoms. The Labute approximate surface area is 501 Å². The summed E-state index contributed by atoms with van der Waals surface area (Å²) >= 11 is 0. The van der Waals surface area contributed by atoms with Crippen LogP contribution in [0.3, 0.4) is 0 Å². The molecule has 0 bridgehead atoms. The van der Waals surface area contributed by atoms with Crippen LogP contribution < -0.4 is 0 Å². The van der Waals surface area contributed by atoms with Crippen LogP contribution in [0, 0.1) is 11.8 Å². The molecule has 0 aromatic carbocycles. The van der Waals surface area contributed by atoms with Crippen LogP contribution in [0.5, 0.6) is 0 Å². The van der Waals surface area contributed by atoms with Gasteiger partial charge in [-0.1, -0.05) is 388 Å². The predicted molar refractivity (Wildman–Crippen MR) is 349 cm³/mol. The first-order chi connectivity index (χ1) is 39.3. The fourth-order valence-electron chi connectivity index (χ4n) is 11.7. The second-order valence-corrected chi connectivity index (χ2v) is 26.3. The molecule has 476 valence electrons. The molecule has 0 radical (unpaired) electrons. The Bertz CT molecular complexity index is 1230. The lowest BCUT2D eigenvalue weighted by molar-refractivity contribution is -0.167. The Morgan fingerprint density at radius 1 is 0.263 bits per heavy atom. The molecule has 0 N–H and O–H groups in total. The number of hydrogen-bond donors (Lipinski definition) is 0. The lowest BCUT2D eigenvalue weighted by Crippen LogP contribution is -2.30. The Morgan fingerprint density at radius 3 is 0.713 bits per heavy atom. The van der Waals surface area contributed by atoms with Crippen LogP contribution >= 0.6 is 0 Å². The van der Waals surface area contributed by atoms with Crippen molar-refractivity contribution in [3.63, 3.8) is 0 Å². The Balaban J connectivity index is 4.27. The van der Waals surface area contributed by atoms with Crippen molar-refractivity contribution < 1.29 is 28.6 Å². The molecule has 1 unspecified atom stereocenters. The zero-order chi connectivity index (χ0) is 58.1. The standard InChI is InChI=1S/C74H144O6/c1-6-8-9-10-11-12-13-14-15-16-17-24-29-34-39-44-49-54-59-64-72(75)78-67-71(68-79-73(76)65-60-55-50-45-40-35-30-25-20-18-22-27-32-37-42-47-52-57-62-69(3)4)80-74(77)66-61-56-51-46-41-36-31-26-21-19-23-28-33-38-43-48-53-58-63-70(5)7-2/h69-71H,6-68H2,1-5H3/t70?,71-/m0/s1. The van der Waals surface area contributed by atoms with Gasteiger partial charge in [-0.15, -0.1) is 0 Å². The molecule has 2 atom stereocenters. The average Bonchev–Trinajstić information content (AvgIpc) is 3.45. The predicted octanol–water partition coefficient (Wildman–Crippen LogP) is 25.1. The fourth-order valence-corrected chi connectivity index (χ4v) is 11.7. The minimum absolute atomic E-state index is 0.0608. The smallest absolute Gasteiger partial charge is 0.306 e. The quantitative estimate of drug-likeness (QED) is 0.0343. The van der Waals surface area contributed by atoms with Crippen molar-refractivity contribution in [2.75, 3.05) is 13.2 Å². The van der Waals surface area contributed by atoms with Gasteiger partial charge in [0.15, 0.2) is 6.10 Å². The van der Waals surface area contributed by atoms with E-state index >= 15 is 0 Å². The van der Waals surface area contributed by atoms with Gasteiger partial charge in [-0.25, -0.2) is 0 Å². The van der Waals surface area contributed by atoms with Crippen LogP contribution in [0.1, 0.15) is 426 Å². The molecule has 6 heteroatoms. The summed E-state index contributed by atoms with van der Waals surface area (Å²) in [6.07, 6.45) is 76.9. The van der Waals surface area contributed by atoms with E-state index in [-0.39, 0.29) is 31.1 Å². The van der Waals surface area contributed by atoms with Crippen molar-refractivity contribution in [3.05, 3.63) is 0 Å². The van der Waals surface area contributed by atoms with Crippen molar-refractivity contribution >= 4 is 17.9 Å². The highest BCUT2D eigenvalue weighted by Crippen LogP contribution is 2.20. The first-order valence-electron chi connectivity index (χ1n) is 36.8. The van der Waals surface area contributed by atoms with Crippen molar-refractivity contribution in [1.29, 1.82) is 0 Å². The zero-order valence-corrected chi connectivity index (χ0v) is 55.2. The summed E-state index contributed by atoms with van der Waals surface area (Å²) in [5, 5.41) is 0. The summed E-state index contributed by atoms with van der Waals surface area (Å²) < 4.78 is 17.1. The van der Waals surface area contributed by atoms with E-state index in [2.05, 4.69) is 34.6 Å².